The Balaban J connectivity index is 2.95. The van der Waals surface area contributed by atoms with E-state index in [9.17, 15) is 20.1 Å². The molecule has 0 radical (unpaired) electrons. The average Bonchev–Trinajstić information content (AvgIpc) is 2.41. The van der Waals surface area contributed by atoms with E-state index in [4.69, 9.17) is 10.5 Å². The van der Waals surface area contributed by atoms with Gasteiger partial charge in [-0.3, -0.25) is 9.78 Å². The zero-order valence-electron chi connectivity index (χ0n) is 11.0. The predicted molar refractivity (Wildman–Crippen MR) is 74.1 cm³/mol. The molecule has 8 heteroatoms. The molecule has 5 N–H and O–H groups in total. The van der Waals surface area contributed by atoms with Gasteiger partial charge in [-0.05, 0) is 19.1 Å². The normalized spacial score (nSPS) is 13.8. The van der Waals surface area contributed by atoms with Crippen molar-refractivity contribution in [3.8, 4) is 5.75 Å². The fraction of sp³-hybridized carbons (Fsp3) is 0.500. The third-order valence-corrected chi connectivity index (χ3v) is 3.00. The molecule has 0 aliphatic carbocycles. The van der Waals surface area contributed by atoms with Crippen LogP contribution in [0.15, 0.2) is 6.20 Å². The second kappa shape index (κ2) is 7.44. The fourth-order valence-electron chi connectivity index (χ4n) is 1.57. The van der Waals surface area contributed by atoms with Crippen LogP contribution in [0.5, 0.6) is 5.75 Å². The number of thiol groups is 1. The van der Waals surface area contributed by atoms with Crippen molar-refractivity contribution in [1.82, 2.24) is 4.98 Å². The summed E-state index contributed by atoms with van der Waals surface area (Å²) in [4.78, 5) is 15.5. The number of nitrogens with two attached hydrogens (primary N) is 1. The number of rotatable bonds is 6. The Kier molecular flexibility index (Phi) is 6.21. The fourth-order valence-corrected chi connectivity index (χ4v) is 1.85. The largest absolute Gasteiger partial charge is 0.506 e. The summed E-state index contributed by atoms with van der Waals surface area (Å²) in [6.07, 6.45) is -0.143. The van der Waals surface area contributed by atoms with Crippen LogP contribution in [-0.4, -0.2) is 38.1 Å². The Hall–Kier alpha value is -1.35. The summed E-state index contributed by atoms with van der Waals surface area (Å²) in [6, 6.07) is -0.912. The molecule has 0 aliphatic rings. The average molecular weight is 302 g/mol. The first-order valence-electron chi connectivity index (χ1n) is 5.95. The molecule has 20 heavy (non-hydrogen) atoms. The van der Waals surface area contributed by atoms with E-state index in [-0.39, 0.29) is 22.6 Å². The van der Waals surface area contributed by atoms with Gasteiger partial charge in [0.15, 0.2) is 0 Å². The van der Waals surface area contributed by atoms with Gasteiger partial charge in [-0.25, -0.2) is 0 Å². The number of ether oxygens (including phenoxy) is 1. The zero-order valence-corrected chi connectivity index (χ0v) is 11.9. The van der Waals surface area contributed by atoms with E-state index < -0.39 is 24.9 Å². The van der Waals surface area contributed by atoms with E-state index in [0.717, 1.165) is 0 Å². The molecular weight excluding hydrogens is 284 g/mol. The Morgan fingerprint density at radius 3 is 2.80 bits per heavy atom. The van der Waals surface area contributed by atoms with Crippen LogP contribution in [-0.2, 0) is 16.1 Å². The molecule has 0 aromatic carbocycles. The van der Waals surface area contributed by atoms with E-state index in [1.54, 1.807) is 0 Å². The van der Waals surface area contributed by atoms with Gasteiger partial charge in [0.05, 0.1) is 17.9 Å². The second-order valence-electron chi connectivity index (χ2n) is 4.20. The second-order valence-corrected chi connectivity index (χ2v) is 4.64. The highest BCUT2D eigenvalue weighted by Gasteiger charge is 2.25. The van der Waals surface area contributed by atoms with Gasteiger partial charge in [0, 0.05) is 11.8 Å². The molecule has 0 amide bonds. The van der Waals surface area contributed by atoms with Crippen LogP contribution < -0.4 is 5.73 Å². The predicted octanol–water partition coefficient (Wildman–Crippen LogP) is -0.231. The van der Waals surface area contributed by atoms with Crippen LogP contribution in [0.25, 0.3) is 0 Å². The topological polar surface area (TPSA) is 126 Å². The summed E-state index contributed by atoms with van der Waals surface area (Å²) in [6.45, 7) is 1.05. The number of nitrogens with zero attached hydrogens (tertiary/aromatic N) is 1. The van der Waals surface area contributed by atoms with Gasteiger partial charge in [0.25, 0.3) is 0 Å². The molecule has 0 fully saturated rings. The van der Waals surface area contributed by atoms with Gasteiger partial charge in [0.2, 0.25) is 6.29 Å². The van der Waals surface area contributed by atoms with Gasteiger partial charge < -0.3 is 25.8 Å². The lowest BCUT2D eigenvalue weighted by Crippen LogP contribution is -2.33. The molecule has 112 valence electrons. The number of aryl methyl sites for hydroxylation is 1. The van der Waals surface area contributed by atoms with Crippen LogP contribution in [0.4, 0.5) is 0 Å². The summed E-state index contributed by atoms with van der Waals surface area (Å²) in [5.74, 6) is -0.752. The molecule has 1 unspecified atom stereocenters. The summed E-state index contributed by atoms with van der Waals surface area (Å²) < 4.78 is 4.79. The molecule has 1 rings (SSSR count). The highest BCUT2D eigenvalue weighted by atomic mass is 32.1. The van der Waals surface area contributed by atoms with Crippen LogP contribution in [0.1, 0.15) is 29.5 Å². The first-order chi connectivity index (χ1) is 9.42. The zero-order chi connectivity index (χ0) is 15.3. The van der Waals surface area contributed by atoms with E-state index >= 15 is 0 Å². The first-order valence-corrected chi connectivity index (χ1v) is 6.58. The number of aliphatic hydroxyl groups excluding tert-OH is 2. The molecule has 2 atom stereocenters. The van der Waals surface area contributed by atoms with Gasteiger partial charge in [0.1, 0.15) is 11.8 Å². The maximum Gasteiger partial charge on any atom is 0.325 e. The molecule has 0 saturated carbocycles. The van der Waals surface area contributed by atoms with Crippen molar-refractivity contribution in [1.29, 1.82) is 0 Å². The number of aromatic hydroxyl groups is 1. The standard InChI is InChI=1S/C12H18N2O5S/c1-6-10(16)9(7(5-15)4-14-6)12(18)19-11(17)8(13)2-3-20/h4,8,12,15-16,18,20H,2-3,5,13H2,1H3/t8-,12?/m0/s1. The minimum Gasteiger partial charge on any atom is -0.506 e. The summed E-state index contributed by atoms with van der Waals surface area (Å²) in [5, 5.41) is 28.9. The molecule has 0 bridgehead atoms. The summed E-state index contributed by atoms with van der Waals surface area (Å²) in [5.41, 5.74) is 5.85. The lowest BCUT2D eigenvalue weighted by molar-refractivity contribution is -0.171. The molecule has 0 aliphatic heterocycles. The number of hydrogen-bond donors (Lipinski definition) is 5. The number of hydrogen-bond acceptors (Lipinski definition) is 8. The van der Waals surface area contributed by atoms with Crippen molar-refractivity contribution in [2.45, 2.75) is 32.3 Å². The van der Waals surface area contributed by atoms with Crippen LogP contribution in [0, 0.1) is 6.92 Å². The van der Waals surface area contributed by atoms with Crippen molar-refractivity contribution in [3.05, 3.63) is 23.0 Å². The van der Waals surface area contributed by atoms with Crippen molar-refractivity contribution in [2.75, 3.05) is 5.75 Å². The van der Waals surface area contributed by atoms with Gasteiger partial charge in [-0.1, -0.05) is 0 Å². The number of pyridine rings is 1. The Bertz CT molecular complexity index is 483. The minimum atomic E-state index is -1.72. The van der Waals surface area contributed by atoms with Crippen molar-refractivity contribution in [2.24, 2.45) is 5.73 Å². The molecule has 7 nitrogen and oxygen atoms in total. The van der Waals surface area contributed by atoms with Gasteiger partial charge in [-0.2, -0.15) is 12.6 Å². The number of carbonyl (C=O) groups excluding carboxylic acids is 1. The number of carbonyl (C=O) groups is 1. The Morgan fingerprint density at radius 1 is 1.60 bits per heavy atom. The van der Waals surface area contributed by atoms with Crippen LogP contribution >= 0.6 is 12.6 Å². The highest BCUT2D eigenvalue weighted by molar-refractivity contribution is 7.80. The Labute approximate surface area is 121 Å². The van der Waals surface area contributed by atoms with Crippen molar-refractivity contribution in [3.63, 3.8) is 0 Å². The van der Waals surface area contributed by atoms with Crippen LogP contribution in [0.2, 0.25) is 0 Å². The van der Waals surface area contributed by atoms with Crippen molar-refractivity contribution >= 4 is 18.6 Å². The first kappa shape index (κ1) is 16.7. The molecule has 0 saturated heterocycles. The monoisotopic (exact) mass is 302 g/mol. The summed E-state index contributed by atoms with van der Waals surface area (Å²) in [7, 11) is 0. The number of esters is 1. The molecule has 1 aromatic rings. The molecule has 1 aromatic heterocycles. The quantitative estimate of drug-likeness (QED) is 0.279. The third kappa shape index (κ3) is 3.83. The lowest BCUT2D eigenvalue weighted by Gasteiger charge is -2.19. The summed E-state index contributed by atoms with van der Waals surface area (Å²) >= 11 is 3.94. The maximum atomic E-state index is 11.6. The molecule has 1 heterocycles. The van der Waals surface area contributed by atoms with Crippen molar-refractivity contribution < 1.29 is 24.9 Å². The van der Waals surface area contributed by atoms with Gasteiger partial charge >= 0.3 is 5.97 Å². The smallest absolute Gasteiger partial charge is 0.325 e. The lowest BCUT2D eigenvalue weighted by atomic mass is 10.1. The highest BCUT2D eigenvalue weighted by Crippen LogP contribution is 2.30. The Morgan fingerprint density at radius 2 is 2.25 bits per heavy atom. The molecule has 0 spiro atoms. The van der Waals surface area contributed by atoms with E-state index in [1.165, 1.54) is 13.1 Å². The van der Waals surface area contributed by atoms with Gasteiger partial charge in [-0.15, -0.1) is 0 Å². The van der Waals surface area contributed by atoms with E-state index in [2.05, 4.69) is 17.6 Å². The number of aromatic nitrogens is 1. The SMILES string of the molecule is Cc1ncc(CO)c(C(O)OC(=O)[C@@H](N)CCS)c1O. The maximum absolute atomic E-state index is 11.6. The van der Waals surface area contributed by atoms with Crippen LogP contribution in [0.3, 0.4) is 0 Å². The molecular formula is C12H18N2O5S. The van der Waals surface area contributed by atoms with E-state index in [0.29, 0.717) is 12.2 Å². The minimum absolute atomic E-state index is 0.0913. The van der Waals surface area contributed by atoms with E-state index in [1.807, 2.05) is 0 Å². The third-order valence-electron chi connectivity index (χ3n) is 2.75. The number of aliphatic hydroxyl groups is 2.